The number of halogens is 2. The summed E-state index contributed by atoms with van der Waals surface area (Å²) >= 11 is 6.20. The molecule has 0 bridgehead atoms. The average molecular weight is 407 g/mol. The molecule has 2 saturated carbocycles. The van der Waals surface area contributed by atoms with Crippen LogP contribution in [0.5, 0.6) is 5.75 Å². The molecule has 0 atom stereocenters. The molecule has 3 heteroatoms. The molecule has 3 rings (SSSR count). The van der Waals surface area contributed by atoms with Crippen molar-refractivity contribution in [1.82, 2.24) is 0 Å². The van der Waals surface area contributed by atoms with E-state index in [2.05, 4.69) is 19.1 Å². The van der Waals surface area contributed by atoms with Gasteiger partial charge in [0.15, 0.2) is 0 Å². The summed E-state index contributed by atoms with van der Waals surface area (Å²) in [5.74, 6) is 3.18. The third-order valence-electron chi connectivity index (χ3n) is 7.12. The molecule has 0 aromatic heterocycles. The number of allylic oxidation sites excluding steroid dienone is 2. The predicted octanol–water partition coefficient (Wildman–Crippen LogP) is 8.31. The molecule has 156 valence electrons. The minimum absolute atomic E-state index is 0.151. The zero-order valence-corrected chi connectivity index (χ0v) is 18.3. The van der Waals surface area contributed by atoms with E-state index in [9.17, 15) is 4.39 Å². The molecule has 0 N–H and O–H groups in total. The summed E-state index contributed by atoms with van der Waals surface area (Å²) in [6, 6.07) is 3.73. The average Bonchev–Trinajstić information content (AvgIpc) is 2.73. The van der Waals surface area contributed by atoms with E-state index in [1.54, 1.807) is 0 Å². The van der Waals surface area contributed by atoms with Crippen LogP contribution in [0.3, 0.4) is 0 Å². The lowest BCUT2D eigenvalue weighted by molar-refractivity contribution is 0.156. The van der Waals surface area contributed by atoms with Gasteiger partial charge in [-0.05, 0) is 101 Å². The Morgan fingerprint density at radius 1 is 1.04 bits per heavy atom. The Labute approximate surface area is 175 Å². The van der Waals surface area contributed by atoms with E-state index in [1.807, 2.05) is 19.1 Å². The molecular weight excluding hydrogens is 371 g/mol. The Morgan fingerprint density at radius 2 is 1.68 bits per heavy atom. The normalized spacial score (nSPS) is 28.6. The fourth-order valence-corrected chi connectivity index (χ4v) is 5.70. The first kappa shape index (κ1) is 21.7. The number of benzene rings is 1. The Hall–Kier alpha value is -1.02. The van der Waals surface area contributed by atoms with E-state index < -0.39 is 0 Å². The van der Waals surface area contributed by atoms with E-state index >= 15 is 0 Å². The Bertz CT molecular complexity index is 640. The Morgan fingerprint density at radius 3 is 2.29 bits per heavy atom. The zero-order chi connectivity index (χ0) is 19.9. The molecule has 2 aliphatic carbocycles. The molecule has 1 aromatic carbocycles. The monoisotopic (exact) mass is 406 g/mol. The lowest BCUT2D eigenvalue weighted by Gasteiger charge is -2.38. The Kier molecular flexibility index (Phi) is 8.26. The van der Waals surface area contributed by atoms with Gasteiger partial charge in [-0.1, -0.05) is 42.7 Å². The van der Waals surface area contributed by atoms with Crippen molar-refractivity contribution in [3.8, 4) is 5.75 Å². The second kappa shape index (κ2) is 10.7. The first-order valence-corrected chi connectivity index (χ1v) is 11.7. The summed E-state index contributed by atoms with van der Waals surface area (Å²) in [7, 11) is 0. The first-order chi connectivity index (χ1) is 13.6. The molecule has 0 aliphatic heterocycles. The number of hydrogen-bond donors (Lipinski definition) is 0. The lowest BCUT2D eigenvalue weighted by Crippen LogP contribution is -2.25. The minimum Gasteiger partial charge on any atom is -0.492 e. The van der Waals surface area contributed by atoms with Crippen LogP contribution >= 0.6 is 11.6 Å². The largest absolute Gasteiger partial charge is 0.492 e. The van der Waals surface area contributed by atoms with E-state index in [0.717, 1.165) is 36.2 Å². The van der Waals surface area contributed by atoms with Crippen LogP contribution in [0.25, 0.3) is 0 Å². The number of rotatable bonds is 7. The summed E-state index contributed by atoms with van der Waals surface area (Å²) < 4.78 is 20.2. The highest BCUT2D eigenvalue weighted by Crippen LogP contribution is 2.46. The molecule has 28 heavy (non-hydrogen) atoms. The quantitative estimate of drug-likeness (QED) is 0.413. The van der Waals surface area contributed by atoms with Crippen molar-refractivity contribution in [2.75, 3.05) is 6.61 Å². The molecule has 0 unspecified atom stereocenters. The van der Waals surface area contributed by atoms with Crippen LogP contribution in [-0.4, -0.2) is 6.61 Å². The van der Waals surface area contributed by atoms with Crippen molar-refractivity contribution >= 4 is 11.6 Å². The third-order valence-corrected chi connectivity index (χ3v) is 7.48. The van der Waals surface area contributed by atoms with Crippen molar-refractivity contribution in [1.29, 1.82) is 0 Å². The fourth-order valence-electron chi connectivity index (χ4n) is 5.48. The predicted molar refractivity (Wildman–Crippen MR) is 117 cm³/mol. The van der Waals surface area contributed by atoms with Crippen LogP contribution in [0.4, 0.5) is 4.39 Å². The second-order valence-corrected chi connectivity index (χ2v) is 9.13. The topological polar surface area (TPSA) is 9.23 Å². The van der Waals surface area contributed by atoms with Crippen LogP contribution in [0.2, 0.25) is 5.02 Å². The molecule has 0 spiro atoms. The summed E-state index contributed by atoms with van der Waals surface area (Å²) in [5, 5.41) is 0.151. The number of hydrogen-bond acceptors (Lipinski definition) is 1. The highest BCUT2D eigenvalue weighted by atomic mass is 35.5. The zero-order valence-electron chi connectivity index (χ0n) is 17.6. The molecule has 2 fully saturated rings. The van der Waals surface area contributed by atoms with E-state index in [1.165, 1.54) is 51.4 Å². The van der Waals surface area contributed by atoms with Crippen molar-refractivity contribution in [3.63, 3.8) is 0 Å². The molecule has 2 aliphatic rings. The lowest BCUT2D eigenvalue weighted by atomic mass is 9.68. The van der Waals surface area contributed by atoms with Gasteiger partial charge >= 0.3 is 0 Å². The smallest absolute Gasteiger partial charge is 0.149 e. The third kappa shape index (κ3) is 5.32. The highest BCUT2D eigenvalue weighted by molar-refractivity contribution is 6.32. The van der Waals surface area contributed by atoms with Gasteiger partial charge in [0.25, 0.3) is 0 Å². The summed E-state index contributed by atoms with van der Waals surface area (Å²) in [6.45, 7) is 4.50. The maximum Gasteiger partial charge on any atom is 0.149 e. The maximum absolute atomic E-state index is 14.8. The van der Waals surface area contributed by atoms with Gasteiger partial charge in [-0.25, -0.2) is 4.39 Å². The van der Waals surface area contributed by atoms with Crippen molar-refractivity contribution in [2.24, 2.45) is 17.8 Å². The fraction of sp³-hybridized carbons (Fsp3) is 0.680. The van der Waals surface area contributed by atoms with Crippen molar-refractivity contribution in [2.45, 2.75) is 84.0 Å². The van der Waals surface area contributed by atoms with Crippen LogP contribution in [-0.2, 0) is 0 Å². The molecule has 1 aromatic rings. The minimum atomic E-state index is -0.266. The van der Waals surface area contributed by atoms with Gasteiger partial charge in [0, 0.05) is 0 Å². The summed E-state index contributed by atoms with van der Waals surface area (Å²) in [5.41, 5.74) is 0.791. The van der Waals surface area contributed by atoms with Crippen LogP contribution in [0, 0.1) is 23.6 Å². The van der Waals surface area contributed by atoms with E-state index in [4.69, 9.17) is 16.3 Å². The van der Waals surface area contributed by atoms with Gasteiger partial charge in [-0.2, -0.15) is 0 Å². The SMILES string of the molecule is CC=CCCC1CCC(C2CCC(c3ccc(OCC)c(Cl)c3F)CC2)CC1. The molecule has 0 heterocycles. The van der Waals surface area contributed by atoms with Crippen molar-refractivity contribution in [3.05, 3.63) is 40.7 Å². The summed E-state index contributed by atoms with van der Waals surface area (Å²) in [6.07, 6.45) is 17.4. The second-order valence-electron chi connectivity index (χ2n) is 8.75. The van der Waals surface area contributed by atoms with Crippen LogP contribution < -0.4 is 4.74 Å². The molecular formula is C25H36ClFO. The molecule has 0 radical (unpaired) electrons. The molecule has 0 amide bonds. The van der Waals surface area contributed by atoms with Gasteiger partial charge in [0.2, 0.25) is 0 Å². The molecule has 1 nitrogen and oxygen atoms in total. The first-order valence-electron chi connectivity index (χ1n) is 11.4. The van der Waals surface area contributed by atoms with E-state index in [-0.39, 0.29) is 10.8 Å². The van der Waals surface area contributed by atoms with Crippen molar-refractivity contribution < 1.29 is 9.13 Å². The van der Waals surface area contributed by atoms with Gasteiger partial charge in [-0.3, -0.25) is 0 Å². The standard InChI is InChI=1S/C25H36ClFO/c1-3-5-6-7-18-8-10-19(11-9-18)20-12-14-21(15-13-20)22-16-17-23(28-4-2)24(26)25(22)27/h3,5,16-21H,4,6-15H2,1-2H3. The number of ether oxygens (including phenoxy) is 1. The Balaban J connectivity index is 1.49. The summed E-state index contributed by atoms with van der Waals surface area (Å²) in [4.78, 5) is 0. The maximum atomic E-state index is 14.8. The van der Waals surface area contributed by atoms with Gasteiger partial charge < -0.3 is 4.74 Å². The highest BCUT2D eigenvalue weighted by Gasteiger charge is 2.32. The van der Waals surface area contributed by atoms with Crippen LogP contribution in [0.1, 0.15) is 89.5 Å². The van der Waals surface area contributed by atoms with Gasteiger partial charge in [-0.15, -0.1) is 0 Å². The van der Waals surface area contributed by atoms with E-state index in [0.29, 0.717) is 18.3 Å². The van der Waals surface area contributed by atoms with Gasteiger partial charge in [0.05, 0.1) is 6.61 Å². The van der Waals surface area contributed by atoms with Crippen LogP contribution in [0.15, 0.2) is 24.3 Å². The molecule has 0 saturated heterocycles. The van der Waals surface area contributed by atoms with Gasteiger partial charge in [0.1, 0.15) is 16.6 Å².